The number of alkyl halides is 3. The van der Waals surface area contributed by atoms with Crippen molar-refractivity contribution >= 4 is 28.5 Å². The first kappa shape index (κ1) is 19.8. The molecule has 3 aromatic heterocycles. The predicted octanol–water partition coefficient (Wildman–Crippen LogP) is 5.46. The second kappa shape index (κ2) is 7.23. The van der Waals surface area contributed by atoms with Gasteiger partial charge in [0.25, 0.3) is 5.91 Å². The van der Waals surface area contributed by atoms with Gasteiger partial charge in [-0.1, -0.05) is 24.3 Å². The van der Waals surface area contributed by atoms with Crippen molar-refractivity contribution in [3.05, 3.63) is 83.8 Å². The Morgan fingerprint density at radius 2 is 1.78 bits per heavy atom. The van der Waals surface area contributed by atoms with Crippen LogP contribution in [-0.4, -0.2) is 25.3 Å². The third-order valence-electron chi connectivity index (χ3n) is 5.17. The standard InChI is InChI=1S/C23H16F3N5O/c1-13-3-2-10-31-12-19(27-20(13)31)21(32)30-22-28-17-9-6-15(11-18(17)29-22)14-4-7-16(8-5-14)23(24,25)26/h2-12H,1H3,(H2,28,29,30,32). The minimum atomic E-state index is -4.38. The highest BCUT2D eigenvalue weighted by Gasteiger charge is 2.30. The van der Waals surface area contributed by atoms with E-state index in [1.165, 1.54) is 12.1 Å². The molecule has 2 aromatic carbocycles. The number of halogens is 3. The lowest BCUT2D eigenvalue weighted by Crippen LogP contribution is -2.13. The van der Waals surface area contributed by atoms with Crippen LogP contribution in [0.3, 0.4) is 0 Å². The Kier molecular flexibility index (Phi) is 4.47. The average Bonchev–Trinajstić information content (AvgIpc) is 3.37. The van der Waals surface area contributed by atoms with Gasteiger partial charge in [0, 0.05) is 12.4 Å². The fourth-order valence-corrected chi connectivity index (χ4v) is 3.53. The molecule has 2 N–H and O–H groups in total. The molecule has 160 valence electrons. The molecule has 0 atom stereocenters. The number of H-pyrrole nitrogens is 1. The van der Waals surface area contributed by atoms with Gasteiger partial charge in [0.2, 0.25) is 5.95 Å². The number of carbonyl (C=O) groups is 1. The number of aromatic amines is 1. The molecule has 0 aliphatic heterocycles. The van der Waals surface area contributed by atoms with Crippen LogP contribution < -0.4 is 5.32 Å². The zero-order valence-corrected chi connectivity index (χ0v) is 16.7. The van der Waals surface area contributed by atoms with Gasteiger partial charge in [-0.15, -0.1) is 0 Å². The molecule has 3 heterocycles. The molecule has 5 rings (SSSR count). The van der Waals surface area contributed by atoms with Crippen molar-refractivity contribution < 1.29 is 18.0 Å². The highest BCUT2D eigenvalue weighted by Crippen LogP contribution is 2.31. The van der Waals surface area contributed by atoms with Crippen molar-refractivity contribution in [3.63, 3.8) is 0 Å². The summed E-state index contributed by atoms with van der Waals surface area (Å²) in [5.74, 6) is -0.154. The van der Waals surface area contributed by atoms with E-state index in [1.807, 2.05) is 25.3 Å². The number of aryl methyl sites for hydroxylation is 1. The summed E-state index contributed by atoms with van der Waals surface area (Å²) in [6.45, 7) is 1.91. The first-order valence-corrected chi connectivity index (χ1v) is 9.71. The van der Waals surface area contributed by atoms with Gasteiger partial charge in [-0.05, 0) is 53.9 Å². The Morgan fingerprint density at radius 1 is 1.03 bits per heavy atom. The van der Waals surface area contributed by atoms with Crippen molar-refractivity contribution in [3.8, 4) is 11.1 Å². The maximum atomic E-state index is 12.8. The Morgan fingerprint density at radius 3 is 2.50 bits per heavy atom. The number of rotatable bonds is 3. The SMILES string of the molecule is Cc1cccn2cc(C(=O)Nc3nc4cc(-c5ccc(C(F)(F)F)cc5)ccc4[nH]3)nc12. The molecule has 0 aliphatic rings. The van der Waals surface area contributed by atoms with Gasteiger partial charge in [0.15, 0.2) is 0 Å². The molecular weight excluding hydrogens is 419 g/mol. The number of carbonyl (C=O) groups excluding carboxylic acids is 1. The first-order valence-electron chi connectivity index (χ1n) is 9.71. The number of benzene rings is 2. The number of hydrogen-bond donors (Lipinski definition) is 2. The highest BCUT2D eigenvalue weighted by molar-refractivity contribution is 6.03. The Hall–Kier alpha value is -4.14. The van der Waals surface area contributed by atoms with E-state index in [1.54, 1.807) is 28.8 Å². The van der Waals surface area contributed by atoms with Gasteiger partial charge in [0.05, 0.1) is 16.6 Å². The molecule has 0 saturated heterocycles. The molecule has 6 nitrogen and oxygen atoms in total. The molecule has 0 radical (unpaired) electrons. The quantitative estimate of drug-likeness (QED) is 0.395. The summed E-state index contributed by atoms with van der Waals surface area (Å²) >= 11 is 0. The second-order valence-electron chi connectivity index (χ2n) is 7.39. The number of fused-ring (bicyclic) bond motifs is 2. The number of aromatic nitrogens is 4. The monoisotopic (exact) mass is 435 g/mol. The number of hydrogen-bond acceptors (Lipinski definition) is 3. The molecule has 1 amide bonds. The number of imidazole rings is 2. The number of nitrogens with zero attached hydrogens (tertiary/aromatic N) is 3. The summed E-state index contributed by atoms with van der Waals surface area (Å²) in [5, 5.41) is 2.70. The molecule has 9 heteroatoms. The molecular formula is C23H16F3N5O. The summed E-state index contributed by atoms with van der Waals surface area (Å²) in [7, 11) is 0. The predicted molar refractivity (Wildman–Crippen MR) is 114 cm³/mol. The van der Waals surface area contributed by atoms with E-state index in [9.17, 15) is 18.0 Å². The summed E-state index contributed by atoms with van der Waals surface area (Å²) in [6, 6.07) is 14.0. The van der Waals surface area contributed by atoms with Gasteiger partial charge >= 0.3 is 6.18 Å². The van der Waals surface area contributed by atoms with Crippen molar-refractivity contribution in [2.45, 2.75) is 13.1 Å². The fraction of sp³-hybridized carbons (Fsp3) is 0.0870. The summed E-state index contributed by atoms with van der Waals surface area (Å²) in [5.41, 5.74) is 3.80. The van der Waals surface area contributed by atoms with Crippen LogP contribution in [0.2, 0.25) is 0 Å². The first-order chi connectivity index (χ1) is 15.3. The van der Waals surface area contributed by atoms with Crippen LogP contribution in [-0.2, 0) is 6.18 Å². The van der Waals surface area contributed by atoms with Crippen molar-refractivity contribution in [2.24, 2.45) is 0 Å². The van der Waals surface area contributed by atoms with Gasteiger partial charge in [-0.25, -0.2) is 9.97 Å². The Labute approximate surface area is 179 Å². The zero-order valence-electron chi connectivity index (χ0n) is 16.7. The van der Waals surface area contributed by atoms with Crippen LogP contribution in [0.15, 0.2) is 67.0 Å². The van der Waals surface area contributed by atoms with Crippen molar-refractivity contribution in [1.29, 1.82) is 0 Å². The summed E-state index contributed by atoms with van der Waals surface area (Å²) in [6.07, 6.45) is -0.920. The van der Waals surface area contributed by atoms with E-state index in [-0.39, 0.29) is 11.6 Å². The second-order valence-corrected chi connectivity index (χ2v) is 7.39. The largest absolute Gasteiger partial charge is 0.416 e. The summed E-state index contributed by atoms with van der Waals surface area (Å²) in [4.78, 5) is 24.4. The Balaban J connectivity index is 1.40. The lowest BCUT2D eigenvalue weighted by molar-refractivity contribution is -0.137. The van der Waals surface area contributed by atoms with Crippen LogP contribution in [0.1, 0.15) is 21.6 Å². The number of anilines is 1. The number of nitrogens with one attached hydrogen (secondary N) is 2. The zero-order chi connectivity index (χ0) is 22.5. The minimum Gasteiger partial charge on any atom is -0.324 e. The van der Waals surface area contributed by atoms with Gasteiger partial charge in [-0.2, -0.15) is 13.2 Å². The topological polar surface area (TPSA) is 75.1 Å². The van der Waals surface area contributed by atoms with E-state index in [0.29, 0.717) is 27.8 Å². The molecule has 0 aliphatic carbocycles. The molecule has 0 saturated carbocycles. The van der Waals surface area contributed by atoms with E-state index >= 15 is 0 Å². The third-order valence-corrected chi connectivity index (χ3v) is 5.17. The van der Waals surface area contributed by atoms with Gasteiger partial charge in [0.1, 0.15) is 11.3 Å². The molecule has 32 heavy (non-hydrogen) atoms. The van der Waals surface area contributed by atoms with Crippen LogP contribution in [0.5, 0.6) is 0 Å². The average molecular weight is 435 g/mol. The molecule has 0 spiro atoms. The van der Waals surface area contributed by atoms with Crippen LogP contribution in [0.25, 0.3) is 27.8 Å². The number of pyridine rings is 1. The van der Waals surface area contributed by atoms with Gasteiger partial charge in [-0.3, -0.25) is 10.1 Å². The third kappa shape index (κ3) is 3.58. The van der Waals surface area contributed by atoms with E-state index in [2.05, 4.69) is 20.3 Å². The number of amides is 1. The van der Waals surface area contributed by atoms with E-state index in [0.717, 1.165) is 17.7 Å². The normalized spacial score (nSPS) is 11.9. The van der Waals surface area contributed by atoms with Crippen LogP contribution in [0.4, 0.5) is 19.1 Å². The minimum absolute atomic E-state index is 0.253. The van der Waals surface area contributed by atoms with Crippen LogP contribution in [0, 0.1) is 6.92 Å². The molecule has 0 bridgehead atoms. The maximum absolute atomic E-state index is 12.8. The van der Waals surface area contributed by atoms with Crippen molar-refractivity contribution in [2.75, 3.05) is 5.32 Å². The molecule has 5 aromatic rings. The lowest BCUT2D eigenvalue weighted by atomic mass is 10.0. The van der Waals surface area contributed by atoms with Gasteiger partial charge < -0.3 is 9.38 Å². The fourth-order valence-electron chi connectivity index (χ4n) is 3.53. The lowest BCUT2D eigenvalue weighted by Gasteiger charge is -2.07. The highest BCUT2D eigenvalue weighted by atomic mass is 19.4. The summed E-state index contributed by atoms with van der Waals surface area (Å²) < 4.78 is 40.1. The van der Waals surface area contributed by atoms with E-state index in [4.69, 9.17) is 0 Å². The smallest absolute Gasteiger partial charge is 0.324 e. The Bertz CT molecular complexity index is 1470. The molecule has 0 fully saturated rings. The molecule has 0 unspecified atom stereocenters. The maximum Gasteiger partial charge on any atom is 0.416 e. The van der Waals surface area contributed by atoms with Crippen molar-refractivity contribution in [1.82, 2.24) is 19.4 Å². The van der Waals surface area contributed by atoms with E-state index < -0.39 is 17.6 Å². The van der Waals surface area contributed by atoms with Crippen LogP contribution >= 0.6 is 0 Å².